The van der Waals surface area contributed by atoms with Crippen LogP contribution in [0.15, 0.2) is 48.6 Å². The maximum atomic E-state index is 12.3. The first-order chi connectivity index (χ1) is 22.2. The van der Waals surface area contributed by atoms with E-state index in [9.17, 15) is 15.0 Å². The first-order valence-electron chi connectivity index (χ1n) is 19.4. The van der Waals surface area contributed by atoms with E-state index in [0.717, 1.165) is 38.5 Å². The third kappa shape index (κ3) is 33.5. The van der Waals surface area contributed by atoms with Gasteiger partial charge in [0.15, 0.2) is 0 Å². The Hall–Kier alpha value is -1.65. The van der Waals surface area contributed by atoms with Crippen LogP contribution in [-0.4, -0.2) is 34.9 Å². The Morgan fingerprint density at radius 3 is 1.29 bits per heavy atom. The normalized spacial score (nSPS) is 13.6. The predicted molar refractivity (Wildman–Crippen MR) is 198 cm³/mol. The molecule has 0 heterocycles. The second-order valence-electron chi connectivity index (χ2n) is 13.0. The Bertz CT molecular complexity index is 726. The quantitative estimate of drug-likeness (QED) is 0.0490. The molecule has 4 nitrogen and oxygen atoms in total. The largest absolute Gasteiger partial charge is 0.394 e. The van der Waals surface area contributed by atoms with Crippen molar-refractivity contribution >= 4 is 5.91 Å². The molecule has 0 radical (unpaired) electrons. The molecule has 4 heteroatoms. The lowest BCUT2D eigenvalue weighted by atomic mass is 10.1. The van der Waals surface area contributed by atoms with Crippen LogP contribution in [0, 0.1) is 0 Å². The molecule has 0 saturated carbocycles. The molecule has 2 atom stereocenters. The molecule has 3 N–H and O–H groups in total. The lowest BCUT2D eigenvalue weighted by Crippen LogP contribution is -2.45. The first kappa shape index (κ1) is 43.4. The highest BCUT2D eigenvalue weighted by Crippen LogP contribution is 2.12. The van der Waals surface area contributed by atoms with Crippen LogP contribution in [-0.2, 0) is 4.79 Å². The molecule has 0 spiro atoms. The van der Waals surface area contributed by atoms with Crippen LogP contribution < -0.4 is 5.32 Å². The lowest BCUT2D eigenvalue weighted by Gasteiger charge is -2.19. The van der Waals surface area contributed by atoms with Crippen LogP contribution in [0.2, 0.25) is 0 Å². The van der Waals surface area contributed by atoms with Crippen LogP contribution in [0.4, 0.5) is 0 Å². The fourth-order valence-electron chi connectivity index (χ4n) is 5.50. The highest BCUT2D eigenvalue weighted by Gasteiger charge is 2.17. The van der Waals surface area contributed by atoms with E-state index in [1.54, 1.807) is 6.08 Å². The summed E-state index contributed by atoms with van der Waals surface area (Å²) in [5.74, 6) is -0.0849. The summed E-state index contributed by atoms with van der Waals surface area (Å²) in [6.07, 6.45) is 49.1. The van der Waals surface area contributed by atoms with Crippen molar-refractivity contribution in [2.45, 2.75) is 199 Å². The van der Waals surface area contributed by atoms with Crippen LogP contribution in [0.3, 0.4) is 0 Å². The van der Waals surface area contributed by atoms with E-state index in [2.05, 4.69) is 55.6 Å². The number of carbonyl (C=O) groups is 1. The number of rotatable bonds is 34. The van der Waals surface area contributed by atoms with Crippen molar-refractivity contribution in [1.82, 2.24) is 5.32 Å². The molecule has 0 fully saturated rings. The average Bonchev–Trinajstić information content (AvgIpc) is 3.04. The molecule has 2 unspecified atom stereocenters. The van der Waals surface area contributed by atoms with Gasteiger partial charge in [0, 0.05) is 6.42 Å². The number of aliphatic hydroxyl groups excluding tert-OH is 2. The van der Waals surface area contributed by atoms with E-state index < -0.39 is 12.1 Å². The molecule has 262 valence electrons. The van der Waals surface area contributed by atoms with Crippen molar-refractivity contribution in [2.75, 3.05) is 6.61 Å². The van der Waals surface area contributed by atoms with Gasteiger partial charge in [0.1, 0.15) is 0 Å². The van der Waals surface area contributed by atoms with E-state index in [4.69, 9.17) is 0 Å². The van der Waals surface area contributed by atoms with E-state index in [-0.39, 0.29) is 12.5 Å². The standard InChI is InChI=1S/C41H75NO3/c1-3-5-7-9-11-13-15-17-19-20-21-23-25-27-29-31-33-35-37-41(45)42-39(38-43)40(44)36-34-32-30-28-26-24-22-18-16-14-12-10-8-6-4-2/h16,18-20,26,28,34,36,39-40,43-44H,3-15,17,21-25,27,29-33,35,37-38H2,1-2H3,(H,42,45)/b18-16+,20-19-,28-26+,36-34+. The van der Waals surface area contributed by atoms with Gasteiger partial charge in [-0.3, -0.25) is 4.79 Å². The number of nitrogens with one attached hydrogen (secondary N) is 1. The average molecular weight is 630 g/mol. The Kier molecular flexibility index (Phi) is 35.5. The van der Waals surface area contributed by atoms with Gasteiger partial charge in [0.05, 0.1) is 18.8 Å². The Balaban J connectivity index is 3.69. The van der Waals surface area contributed by atoms with Crippen LogP contribution in [0.25, 0.3) is 0 Å². The second kappa shape index (κ2) is 36.8. The van der Waals surface area contributed by atoms with Crippen LogP contribution >= 0.6 is 0 Å². The summed E-state index contributed by atoms with van der Waals surface area (Å²) in [6.45, 7) is 4.26. The minimum absolute atomic E-state index is 0.0849. The van der Waals surface area contributed by atoms with E-state index in [1.807, 2.05) is 6.08 Å². The molecule has 0 aliphatic carbocycles. The van der Waals surface area contributed by atoms with Gasteiger partial charge in [0.25, 0.3) is 0 Å². The maximum Gasteiger partial charge on any atom is 0.220 e. The molecule has 0 aliphatic heterocycles. The predicted octanol–water partition coefficient (Wildman–Crippen LogP) is 11.6. The molecule has 0 rings (SSSR count). The van der Waals surface area contributed by atoms with Crippen molar-refractivity contribution in [1.29, 1.82) is 0 Å². The van der Waals surface area contributed by atoms with Crippen LogP contribution in [0.5, 0.6) is 0 Å². The summed E-state index contributed by atoms with van der Waals surface area (Å²) in [6, 6.07) is -0.646. The third-order valence-corrected chi connectivity index (χ3v) is 8.51. The van der Waals surface area contributed by atoms with Crippen LogP contribution in [0.1, 0.15) is 187 Å². The fraction of sp³-hybridized carbons (Fsp3) is 0.780. The van der Waals surface area contributed by atoms with Gasteiger partial charge in [-0.2, -0.15) is 0 Å². The molecule has 0 aromatic carbocycles. The molecule has 0 aromatic rings. The summed E-state index contributed by atoms with van der Waals surface area (Å²) in [5, 5.41) is 22.9. The summed E-state index contributed by atoms with van der Waals surface area (Å²) < 4.78 is 0. The van der Waals surface area contributed by atoms with E-state index in [0.29, 0.717) is 6.42 Å². The molecule has 0 aliphatic rings. The van der Waals surface area contributed by atoms with Gasteiger partial charge in [-0.25, -0.2) is 0 Å². The van der Waals surface area contributed by atoms with Gasteiger partial charge in [-0.05, 0) is 70.6 Å². The first-order valence-corrected chi connectivity index (χ1v) is 19.4. The number of carbonyl (C=O) groups excluding carboxylic acids is 1. The molecular weight excluding hydrogens is 554 g/mol. The Morgan fingerprint density at radius 2 is 0.867 bits per heavy atom. The van der Waals surface area contributed by atoms with Crippen molar-refractivity contribution in [3.8, 4) is 0 Å². The zero-order chi connectivity index (χ0) is 32.9. The van der Waals surface area contributed by atoms with Crippen molar-refractivity contribution < 1.29 is 15.0 Å². The number of hydrogen-bond donors (Lipinski definition) is 3. The highest BCUT2D eigenvalue weighted by molar-refractivity contribution is 5.76. The number of allylic oxidation sites excluding steroid dienone is 7. The monoisotopic (exact) mass is 630 g/mol. The molecule has 0 saturated heterocycles. The smallest absolute Gasteiger partial charge is 0.220 e. The Morgan fingerprint density at radius 1 is 0.511 bits per heavy atom. The van der Waals surface area contributed by atoms with Gasteiger partial charge in [-0.1, -0.05) is 159 Å². The minimum atomic E-state index is -0.870. The topological polar surface area (TPSA) is 69.6 Å². The number of aliphatic hydroxyl groups is 2. The zero-order valence-electron chi connectivity index (χ0n) is 29.9. The van der Waals surface area contributed by atoms with E-state index in [1.165, 1.54) is 128 Å². The van der Waals surface area contributed by atoms with Gasteiger partial charge < -0.3 is 15.5 Å². The molecule has 0 aromatic heterocycles. The molecule has 0 bridgehead atoms. The number of hydrogen-bond acceptors (Lipinski definition) is 3. The summed E-state index contributed by atoms with van der Waals surface area (Å²) in [4.78, 5) is 12.3. The Labute approximate surface area is 280 Å². The van der Waals surface area contributed by atoms with Crippen molar-refractivity contribution in [3.05, 3.63) is 48.6 Å². The maximum absolute atomic E-state index is 12.3. The minimum Gasteiger partial charge on any atom is -0.394 e. The molecule has 45 heavy (non-hydrogen) atoms. The van der Waals surface area contributed by atoms with Gasteiger partial charge in [-0.15, -0.1) is 0 Å². The van der Waals surface area contributed by atoms with Gasteiger partial charge in [0.2, 0.25) is 5.91 Å². The molecular formula is C41H75NO3. The zero-order valence-corrected chi connectivity index (χ0v) is 29.9. The van der Waals surface area contributed by atoms with Crippen molar-refractivity contribution in [3.63, 3.8) is 0 Å². The van der Waals surface area contributed by atoms with Crippen molar-refractivity contribution in [2.24, 2.45) is 0 Å². The second-order valence-corrected chi connectivity index (χ2v) is 13.0. The number of unbranched alkanes of at least 4 members (excludes halogenated alkanes) is 21. The third-order valence-electron chi connectivity index (χ3n) is 8.51. The fourth-order valence-corrected chi connectivity index (χ4v) is 5.50. The van der Waals surface area contributed by atoms with E-state index >= 15 is 0 Å². The summed E-state index contributed by atoms with van der Waals surface area (Å²) >= 11 is 0. The van der Waals surface area contributed by atoms with Gasteiger partial charge >= 0.3 is 0 Å². The summed E-state index contributed by atoms with van der Waals surface area (Å²) in [7, 11) is 0. The summed E-state index contributed by atoms with van der Waals surface area (Å²) in [5.41, 5.74) is 0. The molecule has 1 amide bonds. The highest BCUT2D eigenvalue weighted by atomic mass is 16.3. The SMILES string of the molecule is CCCCCCC/C=C/CC/C=C/CC/C=C/C(O)C(CO)NC(=O)CCCCCCCCC/C=C\CCCCCCCCC. The lowest BCUT2D eigenvalue weighted by molar-refractivity contribution is -0.123. The number of amides is 1.